The molecule has 1 amide bonds. The molecule has 3 heterocycles. The number of carbonyl (C=O) groups is 1. The Hall–Kier alpha value is -2.74. The predicted octanol–water partition coefficient (Wildman–Crippen LogP) is 5.73. The second-order valence-corrected chi connectivity index (χ2v) is 13.1. The van der Waals surface area contributed by atoms with Gasteiger partial charge in [0, 0.05) is 40.9 Å². The van der Waals surface area contributed by atoms with E-state index in [2.05, 4.69) is 63.8 Å². The molecule has 7 nitrogen and oxygen atoms in total. The highest BCUT2D eigenvalue weighted by atomic mass is 32.1. The Labute approximate surface area is 218 Å². The molecule has 8 heteroatoms. The number of aromatic hydroxyl groups is 1. The third-order valence-corrected chi connectivity index (χ3v) is 8.20. The van der Waals surface area contributed by atoms with Crippen LogP contribution < -0.4 is 0 Å². The Morgan fingerprint density at radius 1 is 1.06 bits per heavy atom. The standard InChI is InChI=1S/C28H39N5O2S/c1-17-30-18(2)33(31-17)16-24(34)32-11-9-19(10-12-32)23-15-29-26(36-23)20-13-21(27(3,4)5)25(35)22(14-20)28(6,7)8/h13-15,19,35H,9-12,16H2,1-8H3. The largest absolute Gasteiger partial charge is 0.507 e. The first-order valence-electron chi connectivity index (χ1n) is 12.7. The summed E-state index contributed by atoms with van der Waals surface area (Å²) in [5.74, 6) is 2.35. The molecule has 0 unspecified atom stereocenters. The minimum Gasteiger partial charge on any atom is -0.507 e. The number of carbonyl (C=O) groups excluding carboxylic acids is 1. The van der Waals surface area contributed by atoms with Crippen molar-refractivity contribution in [3.8, 4) is 16.3 Å². The van der Waals surface area contributed by atoms with Crippen molar-refractivity contribution in [1.82, 2.24) is 24.6 Å². The van der Waals surface area contributed by atoms with Crippen molar-refractivity contribution in [3.63, 3.8) is 0 Å². The summed E-state index contributed by atoms with van der Waals surface area (Å²) in [6.45, 7) is 18.2. The lowest BCUT2D eigenvalue weighted by atomic mass is 9.78. The molecule has 0 aliphatic carbocycles. The number of rotatable bonds is 4. The number of likely N-dealkylation sites (tertiary alicyclic amines) is 1. The summed E-state index contributed by atoms with van der Waals surface area (Å²) in [6, 6.07) is 4.20. The summed E-state index contributed by atoms with van der Waals surface area (Å²) in [4.78, 5) is 25.1. The summed E-state index contributed by atoms with van der Waals surface area (Å²) in [7, 11) is 0. The number of phenolic OH excluding ortho intramolecular Hbond substituents is 1. The van der Waals surface area contributed by atoms with Crippen molar-refractivity contribution in [1.29, 1.82) is 0 Å². The van der Waals surface area contributed by atoms with Crippen LogP contribution in [0.1, 0.15) is 88.0 Å². The number of piperidine rings is 1. The van der Waals surface area contributed by atoms with Crippen LogP contribution in [0.25, 0.3) is 10.6 Å². The Morgan fingerprint density at radius 2 is 1.64 bits per heavy atom. The fraction of sp³-hybridized carbons (Fsp3) is 0.571. The quantitative estimate of drug-likeness (QED) is 0.486. The zero-order chi connectivity index (χ0) is 26.4. The lowest BCUT2D eigenvalue weighted by Gasteiger charge is -2.31. The maximum absolute atomic E-state index is 12.8. The molecular formula is C28H39N5O2S. The van der Waals surface area contributed by atoms with Gasteiger partial charge in [-0.05, 0) is 55.6 Å². The molecule has 1 aliphatic rings. The summed E-state index contributed by atoms with van der Waals surface area (Å²) in [5, 5.41) is 16.4. The highest BCUT2D eigenvalue weighted by molar-refractivity contribution is 7.15. The molecule has 0 saturated carbocycles. The third-order valence-electron chi connectivity index (χ3n) is 6.99. The molecule has 194 valence electrons. The van der Waals surface area contributed by atoms with E-state index in [1.807, 2.05) is 24.9 Å². The van der Waals surface area contributed by atoms with Gasteiger partial charge in [0.05, 0.1) is 0 Å². The molecule has 1 aromatic carbocycles. The summed E-state index contributed by atoms with van der Waals surface area (Å²) >= 11 is 1.74. The third kappa shape index (κ3) is 5.48. The van der Waals surface area contributed by atoms with E-state index in [-0.39, 0.29) is 23.3 Å². The SMILES string of the molecule is Cc1nc(C)n(CC(=O)N2CCC(c3cnc(-c4cc(C(C)(C)C)c(O)c(C(C)(C)C)c4)s3)CC2)n1. The highest BCUT2D eigenvalue weighted by Gasteiger charge is 2.29. The van der Waals surface area contributed by atoms with Gasteiger partial charge in [-0.3, -0.25) is 4.79 Å². The van der Waals surface area contributed by atoms with Gasteiger partial charge in [-0.15, -0.1) is 11.3 Å². The number of aromatic nitrogens is 4. The molecular weight excluding hydrogens is 470 g/mol. The van der Waals surface area contributed by atoms with Crippen LogP contribution in [-0.4, -0.2) is 48.8 Å². The first-order valence-corrected chi connectivity index (χ1v) is 13.6. The smallest absolute Gasteiger partial charge is 0.244 e. The summed E-state index contributed by atoms with van der Waals surface area (Å²) in [6.07, 6.45) is 3.86. The summed E-state index contributed by atoms with van der Waals surface area (Å²) < 4.78 is 1.69. The van der Waals surface area contributed by atoms with Gasteiger partial charge in [-0.1, -0.05) is 41.5 Å². The van der Waals surface area contributed by atoms with Crippen molar-refractivity contribution in [2.45, 2.75) is 91.5 Å². The topological polar surface area (TPSA) is 84.1 Å². The number of nitrogens with zero attached hydrogens (tertiary/aromatic N) is 5. The molecule has 0 atom stereocenters. The number of thiazole rings is 1. The first-order chi connectivity index (χ1) is 16.7. The van der Waals surface area contributed by atoms with Crippen molar-refractivity contribution in [2.24, 2.45) is 0 Å². The number of phenols is 1. The minimum atomic E-state index is -0.178. The van der Waals surface area contributed by atoms with Crippen molar-refractivity contribution >= 4 is 17.2 Å². The van der Waals surface area contributed by atoms with Gasteiger partial charge in [-0.25, -0.2) is 14.6 Å². The van der Waals surface area contributed by atoms with E-state index >= 15 is 0 Å². The zero-order valence-corrected chi connectivity index (χ0v) is 23.7. The van der Waals surface area contributed by atoms with E-state index < -0.39 is 0 Å². The molecule has 36 heavy (non-hydrogen) atoms. The Morgan fingerprint density at radius 3 is 2.14 bits per heavy atom. The molecule has 1 aliphatic heterocycles. The van der Waals surface area contributed by atoms with Crippen LogP contribution in [0.4, 0.5) is 0 Å². The Bertz CT molecular complexity index is 1220. The van der Waals surface area contributed by atoms with E-state index in [1.54, 1.807) is 16.0 Å². The van der Waals surface area contributed by atoms with Crippen molar-refractivity contribution < 1.29 is 9.90 Å². The molecule has 1 saturated heterocycles. The number of amides is 1. The maximum Gasteiger partial charge on any atom is 0.244 e. The van der Waals surface area contributed by atoms with Crippen LogP contribution in [0, 0.1) is 13.8 Å². The van der Waals surface area contributed by atoms with E-state index in [9.17, 15) is 9.90 Å². The molecule has 2 aromatic heterocycles. The van der Waals surface area contributed by atoms with Gasteiger partial charge in [0.1, 0.15) is 29.0 Å². The van der Waals surface area contributed by atoms with Gasteiger partial charge in [0.2, 0.25) is 5.91 Å². The maximum atomic E-state index is 12.8. The monoisotopic (exact) mass is 509 g/mol. The number of benzene rings is 1. The number of hydrogen-bond acceptors (Lipinski definition) is 6. The molecule has 1 N–H and O–H groups in total. The molecule has 0 radical (unpaired) electrons. The number of hydrogen-bond donors (Lipinski definition) is 1. The van der Waals surface area contributed by atoms with E-state index in [0.717, 1.165) is 53.5 Å². The predicted molar refractivity (Wildman–Crippen MR) is 145 cm³/mol. The van der Waals surface area contributed by atoms with Crippen LogP contribution in [0.15, 0.2) is 18.3 Å². The average Bonchev–Trinajstić information content (AvgIpc) is 3.39. The Balaban J connectivity index is 1.49. The van der Waals surface area contributed by atoms with Crippen LogP contribution in [0.5, 0.6) is 5.75 Å². The van der Waals surface area contributed by atoms with Crippen LogP contribution in [0.3, 0.4) is 0 Å². The van der Waals surface area contributed by atoms with Crippen LogP contribution in [-0.2, 0) is 22.2 Å². The van der Waals surface area contributed by atoms with Crippen LogP contribution >= 0.6 is 11.3 Å². The van der Waals surface area contributed by atoms with Crippen molar-refractivity contribution in [3.05, 3.63) is 46.0 Å². The zero-order valence-electron chi connectivity index (χ0n) is 22.8. The fourth-order valence-electron chi connectivity index (χ4n) is 4.86. The van der Waals surface area contributed by atoms with E-state index in [0.29, 0.717) is 17.5 Å². The van der Waals surface area contributed by atoms with Crippen molar-refractivity contribution in [2.75, 3.05) is 13.1 Å². The summed E-state index contributed by atoms with van der Waals surface area (Å²) in [5.41, 5.74) is 2.61. The lowest BCUT2D eigenvalue weighted by molar-refractivity contribution is -0.133. The average molecular weight is 510 g/mol. The van der Waals surface area contributed by atoms with Gasteiger partial charge in [-0.2, -0.15) is 5.10 Å². The number of aryl methyl sites for hydroxylation is 2. The normalized spacial score (nSPS) is 15.5. The minimum absolute atomic E-state index is 0.0972. The van der Waals surface area contributed by atoms with Gasteiger partial charge in [0.25, 0.3) is 0 Å². The van der Waals surface area contributed by atoms with Gasteiger partial charge in [0.15, 0.2) is 0 Å². The molecule has 0 bridgehead atoms. The van der Waals surface area contributed by atoms with Crippen LogP contribution in [0.2, 0.25) is 0 Å². The fourth-order valence-corrected chi connectivity index (χ4v) is 5.93. The molecule has 1 fully saturated rings. The lowest BCUT2D eigenvalue weighted by Crippen LogP contribution is -2.40. The van der Waals surface area contributed by atoms with E-state index in [1.165, 1.54) is 4.88 Å². The van der Waals surface area contributed by atoms with Gasteiger partial charge >= 0.3 is 0 Å². The second kappa shape index (κ2) is 9.61. The second-order valence-electron chi connectivity index (χ2n) is 12.0. The molecule has 3 aromatic rings. The van der Waals surface area contributed by atoms with Gasteiger partial charge < -0.3 is 10.0 Å². The first kappa shape index (κ1) is 26.3. The molecule has 0 spiro atoms. The van der Waals surface area contributed by atoms with E-state index in [4.69, 9.17) is 4.98 Å². The Kier molecular flexibility index (Phi) is 7.03. The molecule has 4 rings (SSSR count). The highest BCUT2D eigenvalue weighted by Crippen LogP contribution is 2.43.